The Labute approximate surface area is 115 Å². The molecule has 0 fully saturated rings. The number of sulfonamides is 1. The van der Waals surface area contributed by atoms with Gasteiger partial charge in [-0.3, -0.25) is 10.1 Å². The highest BCUT2D eigenvalue weighted by Crippen LogP contribution is 2.28. The first-order valence-electron chi connectivity index (χ1n) is 5.60. The van der Waals surface area contributed by atoms with Crippen molar-refractivity contribution in [3.05, 3.63) is 28.3 Å². The molecule has 10 heteroatoms. The molecular formula is C10H15N3O6S. The van der Waals surface area contributed by atoms with Crippen LogP contribution < -0.4 is 5.73 Å². The fourth-order valence-electron chi connectivity index (χ4n) is 1.60. The zero-order chi connectivity index (χ0) is 15.3. The third kappa shape index (κ3) is 3.42. The van der Waals surface area contributed by atoms with Crippen LogP contribution in [0.15, 0.2) is 23.1 Å². The van der Waals surface area contributed by atoms with Crippen molar-refractivity contribution in [3.63, 3.8) is 0 Å². The smallest absolute Gasteiger partial charge is 0.289 e. The predicted molar refractivity (Wildman–Crippen MR) is 70.4 cm³/mol. The second-order valence-electron chi connectivity index (χ2n) is 3.84. The van der Waals surface area contributed by atoms with Gasteiger partial charge in [0.25, 0.3) is 5.69 Å². The summed E-state index contributed by atoms with van der Waals surface area (Å²) >= 11 is 0. The van der Waals surface area contributed by atoms with Crippen molar-refractivity contribution in [3.8, 4) is 0 Å². The summed E-state index contributed by atoms with van der Waals surface area (Å²) in [6.07, 6.45) is 0. The van der Waals surface area contributed by atoms with Crippen LogP contribution in [0.5, 0.6) is 0 Å². The average molecular weight is 305 g/mol. The minimum atomic E-state index is -4.23. The van der Waals surface area contributed by atoms with Crippen LogP contribution in [-0.4, -0.2) is 54.2 Å². The maximum atomic E-state index is 12.3. The van der Waals surface area contributed by atoms with Gasteiger partial charge in [0.1, 0.15) is 0 Å². The molecule has 0 saturated carbocycles. The molecule has 1 aromatic rings. The fourth-order valence-corrected chi connectivity index (χ4v) is 3.22. The summed E-state index contributed by atoms with van der Waals surface area (Å²) in [5, 5.41) is 28.6. The Morgan fingerprint density at radius 2 is 1.80 bits per heavy atom. The molecule has 20 heavy (non-hydrogen) atoms. The molecule has 0 spiro atoms. The van der Waals surface area contributed by atoms with Gasteiger partial charge in [-0.2, -0.15) is 4.31 Å². The van der Waals surface area contributed by atoms with Crippen LogP contribution in [0.3, 0.4) is 0 Å². The van der Waals surface area contributed by atoms with Crippen LogP contribution in [0.1, 0.15) is 0 Å². The number of benzene rings is 1. The van der Waals surface area contributed by atoms with E-state index in [-0.39, 0.29) is 18.8 Å². The third-order valence-corrected chi connectivity index (χ3v) is 4.42. The third-order valence-electron chi connectivity index (χ3n) is 2.50. The summed E-state index contributed by atoms with van der Waals surface area (Å²) in [6, 6.07) is 3.20. The van der Waals surface area contributed by atoms with E-state index in [2.05, 4.69) is 0 Å². The van der Waals surface area contributed by atoms with Gasteiger partial charge >= 0.3 is 0 Å². The minimum Gasteiger partial charge on any atom is -0.399 e. The molecule has 1 rings (SSSR count). The summed E-state index contributed by atoms with van der Waals surface area (Å²) in [5.74, 6) is 0. The number of nitrogen functional groups attached to an aromatic ring is 1. The highest BCUT2D eigenvalue weighted by atomic mass is 32.2. The molecule has 9 nitrogen and oxygen atoms in total. The van der Waals surface area contributed by atoms with Crippen LogP contribution in [0.25, 0.3) is 0 Å². The van der Waals surface area contributed by atoms with E-state index < -0.39 is 38.7 Å². The van der Waals surface area contributed by atoms with Crippen molar-refractivity contribution in [2.24, 2.45) is 0 Å². The number of nitro groups is 1. The molecule has 0 aromatic heterocycles. The number of aliphatic hydroxyl groups is 2. The van der Waals surface area contributed by atoms with E-state index in [9.17, 15) is 18.5 Å². The number of rotatable bonds is 7. The highest BCUT2D eigenvalue weighted by Gasteiger charge is 2.31. The lowest BCUT2D eigenvalue weighted by atomic mass is 10.3. The van der Waals surface area contributed by atoms with Crippen molar-refractivity contribution in [1.29, 1.82) is 0 Å². The predicted octanol–water partition coefficient (Wildman–Crippen LogP) is -0.848. The minimum absolute atomic E-state index is 0.0575. The van der Waals surface area contributed by atoms with Crippen molar-refractivity contribution < 1.29 is 23.6 Å². The van der Waals surface area contributed by atoms with Gasteiger partial charge in [0.15, 0.2) is 4.90 Å². The van der Waals surface area contributed by atoms with Gasteiger partial charge < -0.3 is 15.9 Å². The molecule has 4 N–H and O–H groups in total. The SMILES string of the molecule is Nc1ccc([N+](=O)[O-])c(S(=O)(=O)N(CCO)CCO)c1. The molecule has 0 amide bonds. The number of nitrogens with two attached hydrogens (primary N) is 1. The van der Waals surface area contributed by atoms with Crippen LogP contribution in [0, 0.1) is 10.1 Å². The number of aliphatic hydroxyl groups excluding tert-OH is 2. The molecule has 0 radical (unpaired) electrons. The highest BCUT2D eigenvalue weighted by molar-refractivity contribution is 7.89. The molecule has 112 valence electrons. The number of hydrogen-bond acceptors (Lipinski definition) is 7. The molecule has 0 unspecified atom stereocenters. The Morgan fingerprint density at radius 3 is 2.25 bits per heavy atom. The number of nitrogens with zero attached hydrogens (tertiary/aromatic N) is 2. The van der Waals surface area contributed by atoms with Crippen LogP contribution >= 0.6 is 0 Å². The van der Waals surface area contributed by atoms with Crippen molar-refractivity contribution in [2.75, 3.05) is 32.0 Å². The first-order chi connectivity index (χ1) is 9.34. The topological polar surface area (TPSA) is 147 Å². The largest absolute Gasteiger partial charge is 0.399 e. The van der Waals surface area contributed by atoms with E-state index in [0.717, 1.165) is 16.4 Å². The monoisotopic (exact) mass is 305 g/mol. The number of nitro benzene ring substituents is 1. The molecule has 0 aliphatic carbocycles. The Morgan fingerprint density at radius 1 is 1.25 bits per heavy atom. The van der Waals surface area contributed by atoms with Crippen molar-refractivity contribution in [1.82, 2.24) is 4.31 Å². The molecular weight excluding hydrogens is 290 g/mol. The molecule has 0 bridgehead atoms. The van der Waals surface area contributed by atoms with E-state index in [0.29, 0.717) is 0 Å². The molecule has 0 heterocycles. The number of anilines is 1. The van der Waals surface area contributed by atoms with Crippen LogP contribution in [0.2, 0.25) is 0 Å². The summed E-state index contributed by atoms with van der Waals surface area (Å²) < 4.78 is 25.4. The Balaban J connectivity index is 3.39. The maximum Gasteiger partial charge on any atom is 0.289 e. The molecule has 1 aromatic carbocycles. The van der Waals surface area contributed by atoms with Gasteiger partial charge in [0.2, 0.25) is 10.0 Å². The first-order valence-corrected chi connectivity index (χ1v) is 7.04. The molecule has 0 aliphatic rings. The summed E-state index contributed by atoms with van der Waals surface area (Å²) in [7, 11) is -4.23. The van der Waals surface area contributed by atoms with Gasteiger partial charge in [-0.1, -0.05) is 0 Å². The summed E-state index contributed by atoms with van der Waals surface area (Å²) in [5.41, 5.74) is 4.91. The fraction of sp³-hybridized carbons (Fsp3) is 0.400. The average Bonchev–Trinajstić information content (AvgIpc) is 2.38. The second kappa shape index (κ2) is 6.61. The number of hydrogen-bond donors (Lipinski definition) is 3. The Kier molecular flexibility index (Phi) is 5.39. The van der Waals surface area contributed by atoms with Crippen molar-refractivity contribution >= 4 is 21.4 Å². The van der Waals surface area contributed by atoms with E-state index in [4.69, 9.17) is 15.9 Å². The van der Waals surface area contributed by atoms with E-state index in [1.165, 1.54) is 6.07 Å². The van der Waals surface area contributed by atoms with Gasteiger partial charge in [-0.05, 0) is 12.1 Å². The van der Waals surface area contributed by atoms with Crippen LogP contribution in [0.4, 0.5) is 11.4 Å². The van der Waals surface area contributed by atoms with Crippen molar-refractivity contribution in [2.45, 2.75) is 4.90 Å². The maximum absolute atomic E-state index is 12.3. The lowest BCUT2D eigenvalue weighted by molar-refractivity contribution is -0.387. The van der Waals surface area contributed by atoms with Gasteiger partial charge in [-0.25, -0.2) is 8.42 Å². The Bertz CT molecular complexity index is 583. The van der Waals surface area contributed by atoms with Gasteiger partial charge in [-0.15, -0.1) is 0 Å². The zero-order valence-electron chi connectivity index (χ0n) is 10.5. The quantitative estimate of drug-likeness (QED) is 0.338. The second-order valence-corrected chi connectivity index (χ2v) is 5.74. The first kappa shape index (κ1) is 16.3. The molecule has 0 saturated heterocycles. The summed E-state index contributed by atoms with van der Waals surface area (Å²) in [6.45, 7) is -1.52. The molecule has 0 aliphatic heterocycles. The van der Waals surface area contributed by atoms with Gasteiger partial charge in [0, 0.05) is 24.8 Å². The van der Waals surface area contributed by atoms with Crippen LogP contribution in [-0.2, 0) is 10.0 Å². The van der Waals surface area contributed by atoms with E-state index in [1.54, 1.807) is 0 Å². The van der Waals surface area contributed by atoms with E-state index >= 15 is 0 Å². The van der Waals surface area contributed by atoms with Gasteiger partial charge in [0.05, 0.1) is 18.1 Å². The molecule has 0 atom stereocenters. The summed E-state index contributed by atoms with van der Waals surface area (Å²) in [4.78, 5) is 9.50. The normalized spacial score (nSPS) is 11.8. The standard InChI is InChI=1S/C10H15N3O6S/c11-8-1-2-9(13(16)17)10(7-8)20(18,19)12(3-5-14)4-6-15/h1-2,7,14-15H,3-6,11H2. The zero-order valence-corrected chi connectivity index (χ0v) is 11.3. The lowest BCUT2D eigenvalue weighted by Gasteiger charge is -2.20. The lowest BCUT2D eigenvalue weighted by Crippen LogP contribution is -2.36. The Hall–Kier alpha value is -1.75. The van der Waals surface area contributed by atoms with E-state index in [1.807, 2.05) is 0 Å².